The van der Waals surface area contributed by atoms with E-state index < -0.39 is 15.3 Å². The van der Waals surface area contributed by atoms with Gasteiger partial charge in [-0.15, -0.1) is 10.2 Å². The van der Waals surface area contributed by atoms with Crippen molar-refractivity contribution in [2.24, 2.45) is 0 Å². The standard InChI is InChI=1S/C24H27N3O4S2/c1-3-18-10-12-19(13-11-18)22(28)17(2)32-24-26-25-23(31-24)20-8-7-9-21(16-20)33(29,30)27-14-5-4-6-15-27/h7-13,16-17H,3-6,14-15H2,1-2H3. The molecule has 0 radical (unpaired) electrons. The number of carbonyl (C=O) groups is 1. The van der Waals surface area contributed by atoms with E-state index in [-0.39, 0.29) is 21.8 Å². The zero-order valence-corrected chi connectivity index (χ0v) is 20.4. The summed E-state index contributed by atoms with van der Waals surface area (Å²) in [5, 5.41) is 7.98. The molecule has 1 unspecified atom stereocenters. The van der Waals surface area contributed by atoms with Gasteiger partial charge in [-0.3, -0.25) is 4.79 Å². The van der Waals surface area contributed by atoms with E-state index in [1.807, 2.05) is 24.3 Å². The molecular formula is C24H27N3O4S2. The van der Waals surface area contributed by atoms with Crippen LogP contribution in [-0.4, -0.2) is 47.0 Å². The lowest BCUT2D eigenvalue weighted by molar-refractivity contribution is 0.0993. The van der Waals surface area contributed by atoms with Gasteiger partial charge in [-0.2, -0.15) is 4.31 Å². The molecule has 1 fully saturated rings. The van der Waals surface area contributed by atoms with Crippen LogP contribution in [0.1, 0.15) is 49.0 Å². The minimum absolute atomic E-state index is 0.0166. The third-order valence-electron chi connectivity index (χ3n) is 5.73. The van der Waals surface area contributed by atoms with Crippen molar-refractivity contribution >= 4 is 27.6 Å². The van der Waals surface area contributed by atoms with Crippen molar-refractivity contribution in [2.75, 3.05) is 13.1 Å². The molecule has 174 valence electrons. The van der Waals surface area contributed by atoms with Crippen molar-refractivity contribution in [3.63, 3.8) is 0 Å². The number of rotatable bonds is 8. The van der Waals surface area contributed by atoms with Crippen LogP contribution in [0, 0.1) is 0 Å². The molecule has 1 aliphatic rings. The van der Waals surface area contributed by atoms with E-state index in [0.717, 1.165) is 25.7 Å². The summed E-state index contributed by atoms with van der Waals surface area (Å²) in [4.78, 5) is 13.0. The van der Waals surface area contributed by atoms with Crippen molar-refractivity contribution in [2.45, 2.75) is 54.9 Å². The minimum atomic E-state index is -3.56. The van der Waals surface area contributed by atoms with E-state index in [0.29, 0.717) is 24.2 Å². The van der Waals surface area contributed by atoms with Gasteiger partial charge >= 0.3 is 0 Å². The van der Waals surface area contributed by atoms with Gasteiger partial charge in [-0.25, -0.2) is 8.42 Å². The lowest BCUT2D eigenvalue weighted by Gasteiger charge is -2.25. The highest BCUT2D eigenvalue weighted by Gasteiger charge is 2.27. The van der Waals surface area contributed by atoms with Crippen molar-refractivity contribution in [1.82, 2.24) is 14.5 Å². The molecule has 2 heterocycles. The highest BCUT2D eigenvalue weighted by atomic mass is 32.2. The molecule has 0 saturated carbocycles. The number of ketones is 1. The smallest absolute Gasteiger partial charge is 0.277 e. The molecular weight excluding hydrogens is 458 g/mol. The van der Waals surface area contributed by atoms with Crippen LogP contribution >= 0.6 is 11.8 Å². The zero-order chi connectivity index (χ0) is 23.4. The van der Waals surface area contributed by atoms with E-state index in [1.54, 1.807) is 31.2 Å². The van der Waals surface area contributed by atoms with E-state index in [1.165, 1.54) is 21.6 Å². The average molecular weight is 486 g/mol. The third kappa shape index (κ3) is 5.37. The number of nitrogens with zero attached hydrogens (tertiary/aromatic N) is 3. The maximum Gasteiger partial charge on any atom is 0.277 e. The fourth-order valence-corrected chi connectivity index (χ4v) is 6.09. The summed E-state index contributed by atoms with van der Waals surface area (Å²) < 4.78 is 33.3. The Morgan fingerprint density at radius 2 is 1.82 bits per heavy atom. The molecule has 1 atom stereocenters. The lowest BCUT2D eigenvalue weighted by Crippen LogP contribution is -2.35. The van der Waals surface area contributed by atoms with Gasteiger partial charge in [-0.1, -0.05) is 55.4 Å². The number of hydrogen-bond acceptors (Lipinski definition) is 7. The number of piperidine rings is 1. The Bertz CT molecular complexity index is 1220. The number of benzene rings is 2. The van der Waals surface area contributed by atoms with Crippen LogP contribution in [0.5, 0.6) is 0 Å². The second-order valence-electron chi connectivity index (χ2n) is 8.04. The maximum absolute atomic E-state index is 13.0. The van der Waals surface area contributed by atoms with Crippen molar-refractivity contribution < 1.29 is 17.6 Å². The highest BCUT2D eigenvalue weighted by Crippen LogP contribution is 2.29. The fourth-order valence-electron chi connectivity index (χ4n) is 3.76. The first kappa shape index (κ1) is 23.7. The average Bonchev–Trinajstić information content (AvgIpc) is 3.32. The molecule has 0 amide bonds. The molecule has 0 N–H and O–H groups in total. The summed E-state index contributed by atoms with van der Waals surface area (Å²) >= 11 is 1.19. The minimum Gasteiger partial charge on any atom is -0.411 e. The summed E-state index contributed by atoms with van der Waals surface area (Å²) in [6.45, 7) is 4.96. The maximum atomic E-state index is 13.0. The van der Waals surface area contributed by atoms with Gasteiger partial charge < -0.3 is 4.42 Å². The Hall–Kier alpha value is -2.49. The molecule has 0 spiro atoms. The Balaban J connectivity index is 1.48. The predicted molar refractivity (Wildman–Crippen MR) is 128 cm³/mol. The zero-order valence-electron chi connectivity index (χ0n) is 18.7. The third-order valence-corrected chi connectivity index (χ3v) is 8.56. The number of thioether (sulfide) groups is 1. The molecule has 4 rings (SSSR count). The van der Waals surface area contributed by atoms with Gasteiger partial charge in [0.15, 0.2) is 5.78 Å². The first-order valence-electron chi connectivity index (χ1n) is 11.1. The monoisotopic (exact) mass is 485 g/mol. The molecule has 0 bridgehead atoms. The Labute approximate surface area is 198 Å². The summed E-state index contributed by atoms with van der Waals surface area (Å²) in [5.74, 6) is 0.206. The lowest BCUT2D eigenvalue weighted by atomic mass is 10.1. The molecule has 3 aromatic rings. The Morgan fingerprint density at radius 1 is 1.09 bits per heavy atom. The molecule has 2 aromatic carbocycles. The quantitative estimate of drug-likeness (QED) is 0.333. The van der Waals surface area contributed by atoms with Crippen LogP contribution in [0.15, 0.2) is 63.1 Å². The number of Topliss-reactive ketones (excluding diaryl/α,β-unsaturated/α-hetero) is 1. The largest absolute Gasteiger partial charge is 0.411 e. The topological polar surface area (TPSA) is 93.4 Å². The second-order valence-corrected chi connectivity index (χ2v) is 11.3. The summed E-state index contributed by atoms with van der Waals surface area (Å²) in [6, 6.07) is 14.2. The second kappa shape index (κ2) is 10.2. The van der Waals surface area contributed by atoms with Crippen molar-refractivity contribution in [3.8, 4) is 11.5 Å². The molecule has 1 saturated heterocycles. The normalized spacial score (nSPS) is 15.9. The predicted octanol–water partition coefficient (Wildman–Crippen LogP) is 4.84. The van der Waals surface area contributed by atoms with E-state index >= 15 is 0 Å². The van der Waals surface area contributed by atoms with Gasteiger partial charge in [0.1, 0.15) is 0 Å². The van der Waals surface area contributed by atoms with E-state index in [9.17, 15) is 13.2 Å². The number of carbonyl (C=O) groups excluding carboxylic acids is 1. The number of aromatic nitrogens is 2. The summed E-state index contributed by atoms with van der Waals surface area (Å²) in [5.41, 5.74) is 2.35. The first-order valence-corrected chi connectivity index (χ1v) is 13.4. The van der Waals surface area contributed by atoms with Gasteiger partial charge in [0.2, 0.25) is 15.9 Å². The van der Waals surface area contributed by atoms with Crippen LogP contribution in [0.3, 0.4) is 0 Å². The number of aryl methyl sites for hydroxylation is 1. The van der Waals surface area contributed by atoms with Crippen LogP contribution in [0.25, 0.3) is 11.5 Å². The van der Waals surface area contributed by atoms with Crippen molar-refractivity contribution in [1.29, 1.82) is 0 Å². The van der Waals surface area contributed by atoms with Crippen LogP contribution < -0.4 is 0 Å². The van der Waals surface area contributed by atoms with Crippen LogP contribution in [-0.2, 0) is 16.4 Å². The first-order chi connectivity index (χ1) is 15.9. The Morgan fingerprint density at radius 3 is 2.52 bits per heavy atom. The molecule has 1 aliphatic heterocycles. The number of sulfonamides is 1. The summed E-state index contributed by atoms with van der Waals surface area (Å²) in [6.07, 6.45) is 3.73. The van der Waals surface area contributed by atoms with E-state index in [4.69, 9.17) is 4.42 Å². The highest BCUT2D eigenvalue weighted by molar-refractivity contribution is 8.00. The molecule has 0 aliphatic carbocycles. The molecule has 33 heavy (non-hydrogen) atoms. The SMILES string of the molecule is CCc1ccc(C(=O)C(C)Sc2nnc(-c3cccc(S(=O)(=O)N4CCCCC4)c3)o2)cc1. The molecule has 9 heteroatoms. The van der Waals surface area contributed by atoms with Crippen LogP contribution in [0.2, 0.25) is 0 Å². The number of hydrogen-bond donors (Lipinski definition) is 0. The summed E-state index contributed by atoms with van der Waals surface area (Å²) in [7, 11) is -3.56. The van der Waals surface area contributed by atoms with Gasteiger partial charge in [-0.05, 0) is 49.9 Å². The van der Waals surface area contributed by atoms with Gasteiger partial charge in [0.05, 0.1) is 10.1 Å². The van der Waals surface area contributed by atoms with Gasteiger partial charge in [0.25, 0.3) is 5.22 Å². The molecule has 1 aromatic heterocycles. The van der Waals surface area contributed by atoms with E-state index in [2.05, 4.69) is 17.1 Å². The fraction of sp³-hybridized carbons (Fsp3) is 0.375. The molecule has 7 nitrogen and oxygen atoms in total. The Kier molecular flexibility index (Phi) is 7.31. The van der Waals surface area contributed by atoms with Crippen molar-refractivity contribution in [3.05, 3.63) is 59.7 Å². The van der Waals surface area contributed by atoms with Crippen LogP contribution in [0.4, 0.5) is 0 Å². The van der Waals surface area contributed by atoms with Gasteiger partial charge in [0, 0.05) is 24.2 Å².